The van der Waals surface area contributed by atoms with Crippen molar-refractivity contribution in [3.63, 3.8) is 0 Å². The van der Waals surface area contributed by atoms with Gasteiger partial charge in [0.05, 0.1) is 17.0 Å². The number of benzene rings is 1. The second kappa shape index (κ2) is 8.60. The molecule has 0 radical (unpaired) electrons. The monoisotopic (exact) mass is 392 g/mol. The van der Waals surface area contributed by atoms with E-state index < -0.39 is 5.97 Å². The summed E-state index contributed by atoms with van der Waals surface area (Å²) >= 11 is 2.73. The number of carbonyl (C=O) groups excluding carboxylic acids is 2. The summed E-state index contributed by atoms with van der Waals surface area (Å²) < 4.78 is 5.14. The van der Waals surface area contributed by atoms with Crippen molar-refractivity contribution in [2.45, 2.75) is 38.3 Å². The molecule has 7 heteroatoms. The van der Waals surface area contributed by atoms with E-state index in [1.54, 1.807) is 25.7 Å². The van der Waals surface area contributed by atoms with Crippen LogP contribution in [0.5, 0.6) is 0 Å². The molecule has 2 rings (SSSR count). The first-order valence-corrected chi connectivity index (χ1v) is 10.1. The fourth-order valence-electron chi connectivity index (χ4n) is 2.89. The average molecular weight is 393 g/mol. The number of rotatable bonds is 6. The van der Waals surface area contributed by atoms with Crippen LogP contribution in [0.15, 0.2) is 17.0 Å². The van der Waals surface area contributed by atoms with Gasteiger partial charge in [0.25, 0.3) is 5.91 Å². The molecule has 5 nitrogen and oxygen atoms in total. The molecule has 140 valence electrons. The van der Waals surface area contributed by atoms with Crippen molar-refractivity contribution in [2.24, 2.45) is 0 Å². The minimum absolute atomic E-state index is 0.245. The minimum Gasteiger partial charge on any atom is -0.462 e. The molecule has 0 bridgehead atoms. The smallest absolute Gasteiger partial charge is 0.341 e. The molecule has 1 aromatic carbocycles. The average Bonchev–Trinajstić information content (AvgIpc) is 2.90. The maximum absolute atomic E-state index is 12.4. The maximum atomic E-state index is 12.4. The van der Waals surface area contributed by atoms with Crippen LogP contribution in [0.2, 0.25) is 0 Å². The fraction of sp³-hybridized carbons (Fsp3) is 0.368. The Labute approximate surface area is 162 Å². The van der Waals surface area contributed by atoms with E-state index in [1.165, 1.54) is 16.7 Å². The van der Waals surface area contributed by atoms with Gasteiger partial charge >= 0.3 is 5.97 Å². The molecule has 0 fully saturated rings. The number of aryl methyl sites for hydroxylation is 3. The second-order valence-corrected chi connectivity index (χ2v) is 8.00. The predicted octanol–water partition coefficient (Wildman–Crippen LogP) is 4.08. The van der Waals surface area contributed by atoms with Gasteiger partial charge in [-0.2, -0.15) is 0 Å². The van der Waals surface area contributed by atoms with Gasteiger partial charge in [0.2, 0.25) is 0 Å². The van der Waals surface area contributed by atoms with E-state index in [9.17, 15) is 9.59 Å². The molecule has 3 N–H and O–H groups in total. The topological polar surface area (TPSA) is 81.4 Å². The number of nitrogens with two attached hydrogens (primary N) is 1. The van der Waals surface area contributed by atoms with E-state index in [1.807, 2.05) is 0 Å². The summed E-state index contributed by atoms with van der Waals surface area (Å²) in [5.41, 5.74) is 10.5. The molecule has 1 aromatic heterocycles. The van der Waals surface area contributed by atoms with Crippen LogP contribution in [-0.4, -0.2) is 25.5 Å². The highest BCUT2D eigenvalue weighted by Gasteiger charge is 2.26. The molecule has 2 aromatic rings. The van der Waals surface area contributed by atoms with Gasteiger partial charge in [-0.05, 0) is 38.8 Å². The van der Waals surface area contributed by atoms with Crippen molar-refractivity contribution in [3.8, 4) is 0 Å². The van der Waals surface area contributed by atoms with E-state index in [4.69, 9.17) is 10.5 Å². The first-order valence-electron chi connectivity index (χ1n) is 8.31. The van der Waals surface area contributed by atoms with Gasteiger partial charge in [-0.3, -0.25) is 4.79 Å². The Bertz CT molecular complexity index is 821. The molecule has 1 heterocycles. The number of anilines is 1. The Hall–Kier alpha value is -1.99. The fourth-order valence-corrected chi connectivity index (χ4v) is 5.15. The number of hydrogen-bond donors (Lipinski definition) is 2. The van der Waals surface area contributed by atoms with Crippen LogP contribution >= 0.6 is 23.1 Å². The first-order chi connectivity index (χ1) is 12.3. The number of nitrogens with one attached hydrogen (secondary N) is 1. The summed E-state index contributed by atoms with van der Waals surface area (Å²) in [5, 5.41) is 2.93. The largest absolute Gasteiger partial charge is 0.462 e. The summed E-state index contributed by atoms with van der Waals surface area (Å²) in [6.45, 7) is 8.20. The maximum Gasteiger partial charge on any atom is 0.341 e. The highest BCUT2D eigenvalue weighted by atomic mass is 32.2. The summed E-state index contributed by atoms with van der Waals surface area (Å²) in [6.07, 6.45) is 0. The second-order valence-electron chi connectivity index (χ2n) is 5.97. The minimum atomic E-state index is -0.482. The van der Waals surface area contributed by atoms with E-state index >= 15 is 0 Å². The van der Waals surface area contributed by atoms with Gasteiger partial charge in [0.1, 0.15) is 5.00 Å². The number of thioether (sulfide) groups is 1. The zero-order valence-electron chi connectivity index (χ0n) is 15.7. The molecule has 0 saturated heterocycles. The van der Waals surface area contributed by atoms with E-state index in [-0.39, 0.29) is 12.5 Å². The lowest BCUT2D eigenvalue weighted by Crippen LogP contribution is -2.18. The van der Waals surface area contributed by atoms with Crippen LogP contribution in [-0.2, 0) is 10.5 Å². The summed E-state index contributed by atoms with van der Waals surface area (Å²) in [5.74, 6) is -0.260. The molecule has 0 unspecified atom stereocenters. The number of hydrogen-bond acceptors (Lipinski definition) is 6. The SMILES string of the molecule is CCOC(=O)c1c(N)sc(C(=O)NC)c1CSc1c(C)cc(C)cc1C. The Morgan fingerprint density at radius 3 is 2.38 bits per heavy atom. The summed E-state index contributed by atoms with van der Waals surface area (Å²) in [4.78, 5) is 26.2. The lowest BCUT2D eigenvalue weighted by molar-refractivity contribution is 0.0527. The van der Waals surface area contributed by atoms with Crippen molar-refractivity contribution in [1.29, 1.82) is 0 Å². The third kappa shape index (κ3) is 4.22. The van der Waals surface area contributed by atoms with Crippen molar-refractivity contribution >= 4 is 40.0 Å². The van der Waals surface area contributed by atoms with Crippen LogP contribution in [0, 0.1) is 20.8 Å². The third-order valence-corrected chi connectivity index (χ3v) is 6.34. The van der Waals surface area contributed by atoms with Crippen LogP contribution in [0.4, 0.5) is 5.00 Å². The van der Waals surface area contributed by atoms with Gasteiger partial charge in [0, 0.05) is 23.3 Å². The lowest BCUT2D eigenvalue weighted by Gasteiger charge is -2.12. The quantitative estimate of drug-likeness (QED) is 0.572. The zero-order chi connectivity index (χ0) is 19.4. The number of ether oxygens (including phenoxy) is 1. The molecule has 1 amide bonds. The Balaban J connectivity index is 2.44. The van der Waals surface area contributed by atoms with E-state index in [0.717, 1.165) is 16.2 Å². The number of esters is 1. The number of amides is 1. The Morgan fingerprint density at radius 2 is 1.85 bits per heavy atom. The van der Waals surface area contributed by atoms with Crippen molar-refractivity contribution in [1.82, 2.24) is 5.32 Å². The van der Waals surface area contributed by atoms with Crippen molar-refractivity contribution < 1.29 is 14.3 Å². The zero-order valence-corrected chi connectivity index (χ0v) is 17.3. The number of nitrogen functional groups attached to an aromatic ring is 1. The molecule has 0 spiro atoms. The van der Waals surface area contributed by atoms with E-state index in [0.29, 0.717) is 26.8 Å². The predicted molar refractivity (Wildman–Crippen MR) is 108 cm³/mol. The van der Waals surface area contributed by atoms with Gasteiger partial charge in [-0.25, -0.2) is 4.79 Å². The standard InChI is InChI=1S/C19H24N2O3S2/c1-6-24-19(23)14-13(16(18(22)21-5)26-17(14)20)9-25-15-11(3)7-10(2)8-12(15)4/h7-8H,6,9,20H2,1-5H3,(H,21,22). The molecule has 0 aliphatic heterocycles. The van der Waals surface area contributed by atoms with Crippen LogP contribution in [0.25, 0.3) is 0 Å². The number of carbonyl (C=O) groups is 2. The third-order valence-electron chi connectivity index (χ3n) is 3.91. The highest BCUT2D eigenvalue weighted by Crippen LogP contribution is 2.38. The Morgan fingerprint density at radius 1 is 1.23 bits per heavy atom. The first kappa shape index (κ1) is 20.3. The molecule has 0 aliphatic carbocycles. The van der Waals surface area contributed by atoms with Gasteiger partial charge in [-0.1, -0.05) is 17.7 Å². The Kier molecular flexibility index (Phi) is 6.72. The van der Waals surface area contributed by atoms with Crippen molar-refractivity contribution in [2.75, 3.05) is 19.4 Å². The van der Waals surface area contributed by atoms with Crippen LogP contribution in [0.1, 0.15) is 49.2 Å². The lowest BCUT2D eigenvalue weighted by atomic mass is 10.1. The molecule has 0 atom stereocenters. The normalized spacial score (nSPS) is 10.7. The molecule has 26 heavy (non-hydrogen) atoms. The number of thiophene rings is 1. The van der Waals surface area contributed by atoms with E-state index in [2.05, 4.69) is 38.2 Å². The van der Waals surface area contributed by atoms with Crippen LogP contribution < -0.4 is 11.1 Å². The molecular weight excluding hydrogens is 368 g/mol. The highest BCUT2D eigenvalue weighted by molar-refractivity contribution is 7.98. The summed E-state index contributed by atoms with van der Waals surface area (Å²) in [6, 6.07) is 4.26. The molecule has 0 aliphatic rings. The van der Waals surface area contributed by atoms with Gasteiger partial charge < -0.3 is 15.8 Å². The van der Waals surface area contributed by atoms with Crippen molar-refractivity contribution in [3.05, 3.63) is 44.8 Å². The molecular formula is C19H24N2O3S2. The van der Waals surface area contributed by atoms with Gasteiger partial charge in [-0.15, -0.1) is 23.1 Å². The molecule has 0 saturated carbocycles. The van der Waals surface area contributed by atoms with Crippen LogP contribution in [0.3, 0.4) is 0 Å². The van der Waals surface area contributed by atoms with Gasteiger partial charge in [0.15, 0.2) is 0 Å². The summed E-state index contributed by atoms with van der Waals surface area (Å²) in [7, 11) is 1.56.